The first-order valence-corrected chi connectivity index (χ1v) is 13.8. The molecule has 0 saturated carbocycles. The lowest BCUT2D eigenvalue weighted by Crippen LogP contribution is -2.39. The van der Waals surface area contributed by atoms with E-state index < -0.39 is 18.0 Å². The van der Waals surface area contributed by atoms with Crippen LogP contribution in [-0.4, -0.2) is 29.9 Å². The number of hydrogen-bond donors (Lipinski definition) is 0. The number of carbonyl (C=O) groups is 2. The Kier molecular flexibility index (Phi) is 7.30. The van der Waals surface area contributed by atoms with Gasteiger partial charge in [-0.05, 0) is 87.2 Å². The highest BCUT2D eigenvalue weighted by Crippen LogP contribution is 2.38. The van der Waals surface area contributed by atoms with E-state index in [1.165, 1.54) is 22.8 Å². The Labute approximate surface area is 237 Å². The molecule has 0 spiro atoms. The minimum atomic E-state index is -0.772. The van der Waals surface area contributed by atoms with Crippen LogP contribution < -0.4 is 29.1 Å². The van der Waals surface area contributed by atoms with Crippen molar-refractivity contribution in [3.8, 4) is 17.2 Å². The third-order valence-electron chi connectivity index (χ3n) is 5.79. The van der Waals surface area contributed by atoms with E-state index >= 15 is 0 Å². The van der Waals surface area contributed by atoms with Crippen molar-refractivity contribution in [2.24, 2.45) is 4.99 Å². The second kappa shape index (κ2) is 10.5. The molecule has 0 bridgehead atoms. The fourth-order valence-electron chi connectivity index (χ4n) is 4.25. The molecule has 12 heteroatoms. The number of fused-ring (bicyclic) bond motifs is 2. The molecule has 196 valence electrons. The zero-order valence-electron chi connectivity index (χ0n) is 20.4. The van der Waals surface area contributed by atoms with E-state index in [2.05, 4.69) is 36.9 Å². The zero-order valence-corrected chi connectivity index (χ0v) is 24.4. The molecule has 2 aliphatic rings. The molecule has 0 saturated heterocycles. The van der Waals surface area contributed by atoms with Gasteiger partial charge in [0, 0.05) is 6.92 Å². The van der Waals surface area contributed by atoms with Crippen LogP contribution in [0.25, 0.3) is 6.08 Å². The summed E-state index contributed by atoms with van der Waals surface area (Å²) in [5, 5.41) is 0. The van der Waals surface area contributed by atoms with Crippen molar-refractivity contribution in [1.29, 1.82) is 0 Å². The Morgan fingerprint density at radius 1 is 1.18 bits per heavy atom. The Balaban J connectivity index is 1.68. The van der Waals surface area contributed by atoms with Gasteiger partial charge in [0.15, 0.2) is 22.0 Å². The van der Waals surface area contributed by atoms with Crippen molar-refractivity contribution in [1.82, 2.24) is 4.57 Å². The van der Waals surface area contributed by atoms with Gasteiger partial charge in [0.1, 0.15) is 0 Å². The summed E-state index contributed by atoms with van der Waals surface area (Å²) in [7, 11) is 0. The maximum Gasteiger partial charge on any atom is 0.338 e. The molecule has 0 amide bonds. The largest absolute Gasteiger partial charge is 0.463 e. The van der Waals surface area contributed by atoms with E-state index in [9.17, 15) is 14.4 Å². The molecule has 0 fully saturated rings. The summed E-state index contributed by atoms with van der Waals surface area (Å²) in [4.78, 5) is 43.3. The Morgan fingerprint density at radius 3 is 2.58 bits per heavy atom. The molecule has 38 heavy (non-hydrogen) atoms. The molecular weight excluding hydrogens is 644 g/mol. The van der Waals surface area contributed by atoms with Gasteiger partial charge in [-0.3, -0.25) is 14.2 Å². The predicted octanol–water partition coefficient (Wildman–Crippen LogP) is 3.98. The predicted molar refractivity (Wildman–Crippen MR) is 146 cm³/mol. The van der Waals surface area contributed by atoms with E-state index in [0.29, 0.717) is 52.4 Å². The van der Waals surface area contributed by atoms with Crippen molar-refractivity contribution in [3.05, 3.63) is 81.4 Å². The van der Waals surface area contributed by atoms with E-state index in [4.69, 9.17) is 18.9 Å². The summed E-state index contributed by atoms with van der Waals surface area (Å²) in [6.45, 7) is 5.05. The topological polar surface area (TPSA) is 105 Å². The molecule has 3 aromatic rings. The third-order valence-corrected chi connectivity index (χ3v) is 7.95. The fourth-order valence-corrected chi connectivity index (χ4v) is 6.68. The van der Waals surface area contributed by atoms with Gasteiger partial charge in [-0.1, -0.05) is 17.4 Å². The highest BCUT2D eigenvalue weighted by Gasteiger charge is 2.34. The number of rotatable bonds is 5. The number of hydrogen-bond acceptors (Lipinski definition) is 9. The summed E-state index contributed by atoms with van der Waals surface area (Å²) < 4.78 is 24.6. The first-order chi connectivity index (χ1) is 18.2. The van der Waals surface area contributed by atoms with Crippen LogP contribution in [0.5, 0.6) is 17.2 Å². The average molecular weight is 664 g/mol. The summed E-state index contributed by atoms with van der Waals surface area (Å²) in [6, 6.07) is 8.04. The van der Waals surface area contributed by atoms with E-state index in [1.54, 1.807) is 50.3 Å². The third kappa shape index (κ3) is 4.83. The van der Waals surface area contributed by atoms with Gasteiger partial charge < -0.3 is 18.9 Å². The van der Waals surface area contributed by atoms with Crippen molar-refractivity contribution in [3.63, 3.8) is 0 Å². The van der Waals surface area contributed by atoms with Crippen molar-refractivity contribution >= 4 is 61.2 Å². The highest BCUT2D eigenvalue weighted by molar-refractivity contribution is 9.11. The van der Waals surface area contributed by atoms with Gasteiger partial charge in [0.05, 0.1) is 37.4 Å². The summed E-state index contributed by atoms with van der Waals surface area (Å²) in [6.07, 6.45) is 1.72. The Bertz CT molecular complexity index is 1680. The molecule has 1 unspecified atom stereocenters. The second-order valence-corrected chi connectivity index (χ2v) is 11.0. The lowest BCUT2D eigenvalue weighted by atomic mass is 9.95. The van der Waals surface area contributed by atoms with Gasteiger partial charge in [-0.25, -0.2) is 9.79 Å². The number of ether oxygens (including phenoxy) is 4. The summed E-state index contributed by atoms with van der Waals surface area (Å²) in [5.74, 6) is 0.468. The van der Waals surface area contributed by atoms with Crippen LogP contribution in [-0.2, 0) is 14.3 Å². The number of allylic oxidation sites excluding steroid dienone is 1. The smallest absolute Gasteiger partial charge is 0.338 e. The van der Waals surface area contributed by atoms with Crippen LogP contribution in [0.1, 0.15) is 37.9 Å². The molecule has 5 rings (SSSR count). The number of aromatic nitrogens is 1. The Hall–Kier alpha value is -3.22. The normalized spacial score (nSPS) is 16.2. The zero-order chi connectivity index (χ0) is 27.1. The van der Waals surface area contributed by atoms with Crippen molar-refractivity contribution < 1.29 is 28.5 Å². The number of thiazole rings is 1. The molecule has 2 aliphatic heterocycles. The molecule has 0 radical (unpaired) electrons. The number of benzene rings is 2. The van der Waals surface area contributed by atoms with Gasteiger partial charge in [0.25, 0.3) is 5.56 Å². The van der Waals surface area contributed by atoms with Crippen LogP contribution in [0, 0.1) is 0 Å². The molecule has 1 atom stereocenters. The summed E-state index contributed by atoms with van der Waals surface area (Å²) in [5.41, 5.74) is 1.78. The number of nitrogens with zero attached hydrogens (tertiary/aromatic N) is 2. The monoisotopic (exact) mass is 662 g/mol. The minimum absolute atomic E-state index is 0.0997. The molecule has 0 aliphatic carbocycles. The van der Waals surface area contributed by atoms with Gasteiger partial charge in [-0.15, -0.1) is 0 Å². The van der Waals surface area contributed by atoms with Crippen LogP contribution in [0.2, 0.25) is 0 Å². The minimum Gasteiger partial charge on any atom is -0.463 e. The van der Waals surface area contributed by atoms with Crippen LogP contribution in [0.15, 0.2) is 60.3 Å². The molecule has 1 aromatic heterocycles. The lowest BCUT2D eigenvalue weighted by Gasteiger charge is -2.24. The first kappa shape index (κ1) is 26.4. The first-order valence-electron chi connectivity index (χ1n) is 11.4. The number of esters is 2. The van der Waals surface area contributed by atoms with Gasteiger partial charge >= 0.3 is 11.9 Å². The van der Waals surface area contributed by atoms with E-state index in [-0.39, 0.29) is 24.5 Å². The highest BCUT2D eigenvalue weighted by atomic mass is 79.9. The maximum atomic E-state index is 13.8. The molecule has 0 N–H and O–H groups in total. The van der Waals surface area contributed by atoms with E-state index in [1.807, 2.05) is 0 Å². The number of carbonyl (C=O) groups excluding carboxylic acids is 2. The number of halogens is 2. The molecule has 3 heterocycles. The molecule has 2 aromatic carbocycles. The van der Waals surface area contributed by atoms with Gasteiger partial charge in [-0.2, -0.15) is 0 Å². The van der Waals surface area contributed by atoms with Crippen LogP contribution in [0.3, 0.4) is 0 Å². The molecular formula is C26H20Br2N2O7S. The van der Waals surface area contributed by atoms with E-state index in [0.717, 1.165) is 0 Å². The van der Waals surface area contributed by atoms with Gasteiger partial charge in [0.2, 0.25) is 6.79 Å². The fraction of sp³-hybridized carbons (Fsp3) is 0.231. The Morgan fingerprint density at radius 2 is 1.89 bits per heavy atom. The quantitative estimate of drug-likeness (QED) is 0.300. The molecule has 9 nitrogen and oxygen atoms in total. The van der Waals surface area contributed by atoms with Crippen molar-refractivity contribution in [2.45, 2.75) is 26.8 Å². The lowest BCUT2D eigenvalue weighted by molar-refractivity contribution is -0.139. The maximum absolute atomic E-state index is 13.8. The second-order valence-electron chi connectivity index (χ2n) is 8.32. The SMILES string of the molecule is CCOC(=O)C1=C(C)N=c2s/c(=C\c3cc(Br)c(OC(C)=O)c(Br)c3)c(=O)n2C1c1ccc2c(c1)OCO2. The van der Waals surface area contributed by atoms with Crippen LogP contribution in [0.4, 0.5) is 0 Å². The van der Waals surface area contributed by atoms with Crippen molar-refractivity contribution in [2.75, 3.05) is 13.4 Å². The summed E-state index contributed by atoms with van der Waals surface area (Å²) >= 11 is 8.05. The van der Waals surface area contributed by atoms with Crippen LogP contribution >= 0.6 is 43.2 Å². The average Bonchev–Trinajstić information content (AvgIpc) is 3.44. The standard InChI is InChI=1S/C26H20Br2N2O7S/c1-4-34-25(33)21-12(2)29-26-30(22(21)15-5-6-18-19(10-15)36-11-35-18)24(32)20(38-26)9-14-7-16(27)23(17(28)8-14)37-13(3)31/h5-10,22H,4,11H2,1-3H3/b20-9-.